The third-order valence-electron chi connectivity index (χ3n) is 4.69. The van der Waals surface area contributed by atoms with E-state index in [1.807, 2.05) is 13.8 Å². The van der Waals surface area contributed by atoms with Gasteiger partial charge in [0.25, 0.3) is 0 Å². The standard InChI is InChI=1S/C16H32N2O/c1-15(2,3)12-7-6-8-13(10-9-12)18-11-16(4,5)14(17)19/h12-13,18H,6-11H2,1-5H3,(H2,17,19). The van der Waals surface area contributed by atoms with Gasteiger partial charge in [-0.1, -0.05) is 27.2 Å². The Morgan fingerprint density at radius 2 is 1.74 bits per heavy atom. The Labute approximate surface area is 118 Å². The van der Waals surface area contributed by atoms with Crippen LogP contribution < -0.4 is 11.1 Å². The second-order valence-electron chi connectivity index (χ2n) is 7.90. The third-order valence-corrected chi connectivity index (χ3v) is 4.69. The minimum absolute atomic E-state index is 0.221. The number of nitrogens with two attached hydrogens (primary N) is 1. The smallest absolute Gasteiger partial charge is 0.224 e. The normalized spacial score (nSPS) is 25.9. The molecule has 0 radical (unpaired) electrons. The number of primary amides is 1. The molecule has 0 heterocycles. The van der Waals surface area contributed by atoms with E-state index in [1.54, 1.807) is 0 Å². The van der Waals surface area contributed by atoms with Crippen LogP contribution in [0.2, 0.25) is 0 Å². The number of carbonyl (C=O) groups excluding carboxylic acids is 1. The van der Waals surface area contributed by atoms with E-state index in [4.69, 9.17) is 5.73 Å². The fourth-order valence-electron chi connectivity index (χ4n) is 2.86. The molecule has 0 aromatic rings. The summed E-state index contributed by atoms with van der Waals surface area (Å²) in [7, 11) is 0. The van der Waals surface area contributed by atoms with Crippen LogP contribution in [0.25, 0.3) is 0 Å². The van der Waals surface area contributed by atoms with Gasteiger partial charge >= 0.3 is 0 Å². The predicted octanol–water partition coefficient (Wildman–Crippen LogP) is 3.08. The summed E-state index contributed by atoms with van der Waals surface area (Å²) in [5.41, 5.74) is 5.39. The predicted molar refractivity (Wildman–Crippen MR) is 80.8 cm³/mol. The van der Waals surface area contributed by atoms with Crippen molar-refractivity contribution in [3.63, 3.8) is 0 Å². The van der Waals surface area contributed by atoms with Gasteiger partial charge in [0.2, 0.25) is 5.91 Å². The van der Waals surface area contributed by atoms with Gasteiger partial charge < -0.3 is 11.1 Å². The van der Waals surface area contributed by atoms with Crippen LogP contribution >= 0.6 is 0 Å². The van der Waals surface area contributed by atoms with Crippen molar-refractivity contribution < 1.29 is 4.79 Å². The largest absolute Gasteiger partial charge is 0.369 e. The van der Waals surface area contributed by atoms with E-state index >= 15 is 0 Å². The van der Waals surface area contributed by atoms with Crippen LogP contribution in [0.15, 0.2) is 0 Å². The van der Waals surface area contributed by atoms with Gasteiger partial charge in [0.05, 0.1) is 5.41 Å². The van der Waals surface area contributed by atoms with Gasteiger partial charge in [0, 0.05) is 12.6 Å². The molecule has 1 aliphatic carbocycles. The van der Waals surface area contributed by atoms with Crippen LogP contribution in [0.1, 0.15) is 66.7 Å². The molecule has 1 fully saturated rings. The summed E-state index contributed by atoms with van der Waals surface area (Å²) in [6.07, 6.45) is 6.36. The Kier molecular flexibility index (Phi) is 5.43. The topological polar surface area (TPSA) is 55.1 Å². The molecule has 112 valence electrons. The first-order valence-electron chi connectivity index (χ1n) is 7.66. The lowest BCUT2D eigenvalue weighted by Crippen LogP contribution is -2.43. The molecule has 0 aliphatic heterocycles. The van der Waals surface area contributed by atoms with E-state index in [0.29, 0.717) is 18.0 Å². The molecule has 19 heavy (non-hydrogen) atoms. The number of hydrogen-bond acceptors (Lipinski definition) is 2. The summed E-state index contributed by atoms with van der Waals surface area (Å²) in [6.45, 7) is 11.6. The third kappa shape index (κ3) is 5.13. The summed E-state index contributed by atoms with van der Waals surface area (Å²) in [4.78, 5) is 11.3. The summed E-state index contributed by atoms with van der Waals surface area (Å²) >= 11 is 0. The molecule has 3 heteroatoms. The van der Waals surface area contributed by atoms with E-state index in [1.165, 1.54) is 32.1 Å². The SMILES string of the molecule is CC(C)(CNC1CCCC(C(C)(C)C)CC1)C(N)=O. The first-order valence-corrected chi connectivity index (χ1v) is 7.66. The van der Waals surface area contributed by atoms with Crippen molar-refractivity contribution >= 4 is 5.91 Å². The summed E-state index contributed by atoms with van der Waals surface area (Å²) < 4.78 is 0. The number of carbonyl (C=O) groups is 1. The fraction of sp³-hybridized carbons (Fsp3) is 0.938. The van der Waals surface area contributed by atoms with Crippen LogP contribution in [0.3, 0.4) is 0 Å². The quantitative estimate of drug-likeness (QED) is 0.770. The number of rotatable bonds is 4. The molecule has 1 aliphatic rings. The zero-order valence-electron chi connectivity index (χ0n) is 13.4. The molecule has 2 atom stereocenters. The summed E-state index contributed by atoms with van der Waals surface area (Å²) in [5.74, 6) is 0.602. The number of amides is 1. The second kappa shape index (κ2) is 6.25. The van der Waals surface area contributed by atoms with E-state index in [2.05, 4.69) is 26.1 Å². The average Bonchev–Trinajstić information content (AvgIpc) is 2.50. The van der Waals surface area contributed by atoms with Crippen LogP contribution in [0, 0.1) is 16.7 Å². The van der Waals surface area contributed by atoms with Gasteiger partial charge in [0.15, 0.2) is 0 Å². The Morgan fingerprint density at radius 3 is 2.26 bits per heavy atom. The first kappa shape index (κ1) is 16.5. The lowest BCUT2D eigenvalue weighted by atomic mass is 9.76. The van der Waals surface area contributed by atoms with Crippen LogP contribution in [-0.2, 0) is 4.79 Å². The number of hydrogen-bond donors (Lipinski definition) is 2. The molecular weight excluding hydrogens is 236 g/mol. The molecule has 0 spiro atoms. The lowest BCUT2D eigenvalue weighted by Gasteiger charge is -2.30. The molecule has 3 N–H and O–H groups in total. The molecule has 0 aromatic heterocycles. The van der Waals surface area contributed by atoms with Crippen molar-refractivity contribution in [1.82, 2.24) is 5.32 Å². The molecule has 2 unspecified atom stereocenters. The second-order valence-corrected chi connectivity index (χ2v) is 7.90. The van der Waals surface area contributed by atoms with Gasteiger partial charge in [-0.15, -0.1) is 0 Å². The van der Waals surface area contributed by atoms with Crippen molar-refractivity contribution in [1.29, 1.82) is 0 Å². The Bertz CT molecular complexity index is 304. The van der Waals surface area contributed by atoms with Crippen LogP contribution in [0.4, 0.5) is 0 Å². The molecule has 0 bridgehead atoms. The maximum absolute atomic E-state index is 11.3. The zero-order valence-corrected chi connectivity index (χ0v) is 13.4. The number of nitrogens with one attached hydrogen (secondary N) is 1. The molecule has 1 rings (SSSR count). The molecule has 0 saturated heterocycles. The molecule has 1 saturated carbocycles. The van der Waals surface area contributed by atoms with E-state index in [0.717, 1.165) is 5.92 Å². The highest BCUT2D eigenvalue weighted by molar-refractivity contribution is 5.80. The molecule has 0 aromatic carbocycles. The van der Waals surface area contributed by atoms with Crippen molar-refractivity contribution in [3.8, 4) is 0 Å². The fourth-order valence-corrected chi connectivity index (χ4v) is 2.86. The van der Waals surface area contributed by atoms with Gasteiger partial charge in [-0.05, 0) is 50.9 Å². The van der Waals surface area contributed by atoms with Crippen molar-refractivity contribution in [2.45, 2.75) is 72.8 Å². The maximum Gasteiger partial charge on any atom is 0.224 e. The molecule has 3 nitrogen and oxygen atoms in total. The minimum Gasteiger partial charge on any atom is -0.369 e. The van der Waals surface area contributed by atoms with Gasteiger partial charge in [0.1, 0.15) is 0 Å². The van der Waals surface area contributed by atoms with Crippen LogP contribution in [0.5, 0.6) is 0 Å². The Hall–Kier alpha value is -0.570. The van der Waals surface area contributed by atoms with E-state index < -0.39 is 5.41 Å². The van der Waals surface area contributed by atoms with Gasteiger partial charge in [-0.3, -0.25) is 4.79 Å². The lowest BCUT2D eigenvalue weighted by molar-refractivity contribution is -0.125. The first-order chi connectivity index (χ1) is 8.63. The van der Waals surface area contributed by atoms with Gasteiger partial charge in [-0.25, -0.2) is 0 Å². The Balaban J connectivity index is 2.44. The Morgan fingerprint density at radius 1 is 1.11 bits per heavy atom. The zero-order chi connectivity index (χ0) is 14.7. The maximum atomic E-state index is 11.3. The highest BCUT2D eigenvalue weighted by atomic mass is 16.1. The summed E-state index contributed by atoms with van der Waals surface area (Å²) in [5, 5.41) is 3.55. The molecular formula is C16H32N2O. The van der Waals surface area contributed by atoms with Crippen LogP contribution in [-0.4, -0.2) is 18.5 Å². The highest BCUT2D eigenvalue weighted by Crippen LogP contribution is 2.36. The van der Waals surface area contributed by atoms with Crippen molar-refractivity contribution in [3.05, 3.63) is 0 Å². The minimum atomic E-state index is -0.449. The summed E-state index contributed by atoms with van der Waals surface area (Å²) in [6, 6.07) is 0.547. The van der Waals surface area contributed by atoms with E-state index in [-0.39, 0.29) is 5.91 Å². The van der Waals surface area contributed by atoms with Crippen molar-refractivity contribution in [2.75, 3.05) is 6.54 Å². The molecule has 1 amide bonds. The van der Waals surface area contributed by atoms with Gasteiger partial charge in [-0.2, -0.15) is 0 Å². The van der Waals surface area contributed by atoms with Crippen molar-refractivity contribution in [2.24, 2.45) is 22.5 Å². The monoisotopic (exact) mass is 268 g/mol. The highest BCUT2D eigenvalue weighted by Gasteiger charge is 2.29. The van der Waals surface area contributed by atoms with E-state index in [9.17, 15) is 4.79 Å². The average molecular weight is 268 g/mol.